The lowest BCUT2D eigenvalue weighted by Gasteiger charge is -2.10. The minimum atomic E-state index is -3.99. The molecule has 0 atom stereocenters. The second-order valence-electron chi connectivity index (χ2n) is 5.58. The number of rotatable bonds is 8. The monoisotopic (exact) mass is 395 g/mol. The summed E-state index contributed by atoms with van der Waals surface area (Å²) in [6, 6.07) is 8.73. The molecule has 2 rings (SSSR count). The third-order valence-corrected chi connectivity index (χ3v) is 4.58. The second kappa shape index (κ2) is 8.74. The maximum Gasteiger partial charge on any atom is 0.341 e. The van der Waals surface area contributed by atoms with E-state index < -0.39 is 21.8 Å². The molecule has 0 saturated carbocycles. The van der Waals surface area contributed by atoms with Gasteiger partial charge in [0, 0.05) is 12.0 Å². The number of methoxy groups -OCH3 is 1. The Hall–Kier alpha value is -2.78. The molecule has 2 aromatic rings. The summed E-state index contributed by atoms with van der Waals surface area (Å²) in [5.41, 5.74) is 0.277. The van der Waals surface area contributed by atoms with Crippen LogP contribution in [0.5, 0.6) is 5.75 Å². The molecule has 0 radical (unpaired) electrons. The topological polar surface area (TPSA) is 113 Å². The lowest BCUT2D eigenvalue weighted by molar-refractivity contribution is 0.0490. The molecule has 27 heavy (non-hydrogen) atoms. The molecule has 144 valence electrons. The van der Waals surface area contributed by atoms with E-state index in [0.717, 1.165) is 6.07 Å². The van der Waals surface area contributed by atoms with E-state index >= 15 is 0 Å². The Bertz CT molecular complexity index is 941. The molecule has 0 aliphatic heterocycles. The van der Waals surface area contributed by atoms with E-state index in [4.69, 9.17) is 14.6 Å². The van der Waals surface area contributed by atoms with E-state index in [2.05, 4.69) is 0 Å². The summed E-state index contributed by atoms with van der Waals surface area (Å²) in [5.74, 6) is -1.31. The van der Waals surface area contributed by atoms with Gasteiger partial charge >= 0.3 is 5.97 Å². The van der Waals surface area contributed by atoms with Crippen molar-refractivity contribution >= 4 is 21.8 Å². The Labute approximate surface area is 155 Å². The third kappa shape index (κ3) is 5.60. The Kier molecular flexibility index (Phi) is 6.65. The fourth-order valence-corrected chi connectivity index (χ4v) is 2.82. The minimum Gasteiger partial charge on any atom is -0.496 e. The Balaban J connectivity index is 1.95. The van der Waals surface area contributed by atoms with Crippen molar-refractivity contribution in [2.45, 2.75) is 17.7 Å². The fraction of sp³-hybridized carbons (Fsp3) is 0.222. The van der Waals surface area contributed by atoms with Crippen LogP contribution in [0.3, 0.4) is 0 Å². The van der Waals surface area contributed by atoms with E-state index in [0.29, 0.717) is 5.56 Å². The maximum absolute atomic E-state index is 12.8. The number of ether oxygens (including phenoxy) is 2. The number of halogens is 1. The number of esters is 1. The van der Waals surface area contributed by atoms with Crippen molar-refractivity contribution in [3.63, 3.8) is 0 Å². The summed E-state index contributed by atoms with van der Waals surface area (Å²) >= 11 is 0. The SMILES string of the molecule is COc1ccc(S(N)(=O)=O)cc1C(=O)OCCCC(=O)c1ccc(F)cc1. The minimum absolute atomic E-state index is 0.0610. The van der Waals surface area contributed by atoms with Crippen LogP contribution < -0.4 is 9.88 Å². The highest BCUT2D eigenvalue weighted by Gasteiger charge is 2.18. The van der Waals surface area contributed by atoms with Crippen molar-refractivity contribution in [1.82, 2.24) is 0 Å². The van der Waals surface area contributed by atoms with Gasteiger partial charge in [-0.1, -0.05) is 0 Å². The fourth-order valence-electron chi connectivity index (χ4n) is 2.28. The first-order valence-electron chi connectivity index (χ1n) is 7.89. The lowest BCUT2D eigenvalue weighted by Crippen LogP contribution is -2.15. The molecule has 0 aromatic heterocycles. The standard InChI is InChI=1S/C18H18FNO6S/c1-25-17-9-8-14(27(20,23)24)11-15(17)18(22)26-10-2-3-16(21)12-4-6-13(19)7-5-12/h4-9,11H,2-3,10H2,1H3,(H2,20,23,24). The van der Waals surface area contributed by atoms with Gasteiger partial charge in [-0.3, -0.25) is 4.79 Å². The number of Topliss-reactive ketones (excluding diaryl/α,β-unsaturated/α-hetero) is 1. The summed E-state index contributed by atoms with van der Waals surface area (Å²) < 4.78 is 45.8. The smallest absolute Gasteiger partial charge is 0.341 e. The number of nitrogens with two attached hydrogens (primary N) is 1. The molecule has 7 nitrogen and oxygen atoms in total. The van der Waals surface area contributed by atoms with Crippen LogP contribution in [0.25, 0.3) is 0 Å². The Morgan fingerprint density at radius 3 is 2.37 bits per heavy atom. The van der Waals surface area contributed by atoms with Crippen molar-refractivity contribution in [3.05, 3.63) is 59.4 Å². The van der Waals surface area contributed by atoms with Gasteiger partial charge < -0.3 is 9.47 Å². The van der Waals surface area contributed by atoms with Gasteiger partial charge in [0.25, 0.3) is 0 Å². The summed E-state index contributed by atoms with van der Waals surface area (Å²) in [6.07, 6.45) is 0.354. The molecule has 0 bridgehead atoms. The van der Waals surface area contributed by atoms with Crippen molar-refractivity contribution < 1.29 is 31.9 Å². The van der Waals surface area contributed by atoms with Crippen LogP contribution in [0.4, 0.5) is 4.39 Å². The molecule has 0 amide bonds. The van der Waals surface area contributed by atoms with E-state index in [1.54, 1.807) is 0 Å². The first-order valence-corrected chi connectivity index (χ1v) is 9.43. The normalized spacial score (nSPS) is 11.1. The van der Waals surface area contributed by atoms with Crippen molar-refractivity contribution in [1.29, 1.82) is 0 Å². The molecular formula is C18H18FNO6S. The molecule has 2 N–H and O–H groups in total. The zero-order valence-electron chi connectivity index (χ0n) is 14.5. The summed E-state index contributed by atoms with van der Waals surface area (Å²) in [7, 11) is -2.67. The summed E-state index contributed by atoms with van der Waals surface area (Å²) in [5, 5.41) is 5.06. The van der Waals surface area contributed by atoms with Gasteiger partial charge in [0.05, 0.1) is 18.6 Å². The molecule has 0 unspecified atom stereocenters. The Morgan fingerprint density at radius 1 is 1.11 bits per heavy atom. The number of hydrogen-bond acceptors (Lipinski definition) is 6. The zero-order chi connectivity index (χ0) is 20.0. The summed E-state index contributed by atoms with van der Waals surface area (Å²) in [6.45, 7) is -0.0610. The predicted octanol–water partition coefficient (Wildman–Crippen LogP) is 2.30. The van der Waals surface area contributed by atoms with Crippen molar-refractivity contribution in [3.8, 4) is 5.75 Å². The highest BCUT2D eigenvalue weighted by Crippen LogP contribution is 2.23. The molecule has 0 heterocycles. The highest BCUT2D eigenvalue weighted by molar-refractivity contribution is 7.89. The highest BCUT2D eigenvalue weighted by atomic mass is 32.2. The van der Waals surface area contributed by atoms with E-state index in [1.807, 2.05) is 0 Å². The zero-order valence-corrected chi connectivity index (χ0v) is 15.3. The maximum atomic E-state index is 12.8. The average molecular weight is 395 g/mol. The van der Waals surface area contributed by atoms with Crippen LogP contribution in [0.1, 0.15) is 33.6 Å². The van der Waals surface area contributed by atoms with Crippen LogP contribution in [-0.4, -0.2) is 33.9 Å². The first-order chi connectivity index (χ1) is 12.7. The number of primary sulfonamides is 1. The predicted molar refractivity (Wildman–Crippen MR) is 94.6 cm³/mol. The molecule has 2 aromatic carbocycles. The van der Waals surface area contributed by atoms with Crippen LogP contribution in [-0.2, 0) is 14.8 Å². The molecule has 0 aliphatic carbocycles. The van der Waals surface area contributed by atoms with Gasteiger partial charge in [-0.05, 0) is 48.9 Å². The molecule has 0 spiro atoms. The van der Waals surface area contributed by atoms with Crippen molar-refractivity contribution in [2.24, 2.45) is 5.14 Å². The Morgan fingerprint density at radius 2 is 1.78 bits per heavy atom. The first kappa shape index (κ1) is 20.5. The number of hydrogen-bond donors (Lipinski definition) is 1. The van der Waals surface area contributed by atoms with Gasteiger partial charge in [0.1, 0.15) is 17.1 Å². The molecule has 0 fully saturated rings. The van der Waals surface area contributed by atoms with Gasteiger partial charge in [-0.15, -0.1) is 0 Å². The van der Waals surface area contributed by atoms with Gasteiger partial charge in [-0.2, -0.15) is 0 Å². The third-order valence-electron chi connectivity index (χ3n) is 3.67. The average Bonchev–Trinajstić information content (AvgIpc) is 2.64. The molecule has 0 aliphatic rings. The van der Waals surface area contributed by atoms with Gasteiger partial charge in [0.15, 0.2) is 5.78 Å². The summed E-state index contributed by atoms with van der Waals surface area (Å²) in [4.78, 5) is 23.9. The van der Waals surface area contributed by atoms with E-state index in [-0.39, 0.29) is 41.4 Å². The number of benzene rings is 2. The number of sulfonamides is 1. The number of ketones is 1. The van der Waals surface area contributed by atoms with Crippen LogP contribution in [0.2, 0.25) is 0 Å². The molecular weight excluding hydrogens is 377 g/mol. The molecule has 0 saturated heterocycles. The number of carbonyl (C=O) groups is 2. The quantitative estimate of drug-likeness (QED) is 0.417. The second-order valence-corrected chi connectivity index (χ2v) is 7.14. The van der Waals surface area contributed by atoms with Crippen molar-refractivity contribution in [2.75, 3.05) is 13.7 Å². The van der Waals surface area contributed by atoms with Gasteiger partial charge in [0.2, 0.25) is 10.0 Å². The largest absolute Gasteiger partial charge is 0.496 e. The number of carbonyl (C=O) groups excluding carboxylic acids is 2. The van der Waals surface area contributed by atoms with E-state index in [9.17, 15) is 22.4 Å². The van der Waals surface area contributed by atoms with Crippen LogP contribution >= 0.6 is 0 Å². The van der Waals surface area contributed by atoms with Crippen LogP contribution in [0, 0.1) is 5.82 Å². The van der Waals surface area contributed by atoms with Gasteiger partial charge in [-0.25, -0.2) is 22.7 Å². The molecule has 9 heteroatoms. The van der Waals surface area contributed by atoms with Crippen LogP contribution in [0.15, 0.2) is 47.4 Å². The van der Waals surface area contributed by atoms with E-state index in [1.165, 1.54) is 43.5 Å². The lowest BCUT2D eigenvalue weighted by atomic mass is 10.1.